The highest BCUT2D eigenvalue weighted by Gasteiger charge is 2.33. The average Bonchev–Trinajstić information content (AvgIpc) is 2.78. The first kappa shape index (κ1) is 12.4. The maximum Gasteiger partial charge on any atom is 0.269 e. The van der Waals surface area contributed by atoms with Crippen molar-refractivity contribution in [1.29, 1.82) is 0 Å². The summed E-state index contributed by atoms with van der Waals surface area (Å²) in [7, 11) is 0. The molecule has 0 aromatic heterocycles. The number of nitro groups is 1. The molecule has 0 bridgehead atoms. The molecule has 17 heavy (non-hydrogen) atoms. The predicted octanol–water partition coefficient (Wildman–Crippen LogP) is 2.36. The van der Waals surface area contributed by atoms with Crippen LogP contribution < -0.4 is 5.73 Å². The van der Waals surface area contributed by atoms with Crippen molar-refractivity contribution in [2.75, 3.05) is 12.3 Å². The Morgan fingerprint density at radius 2 is 2.35 bits per heavy atom. The van der Waals surface area contributed by atoms with Gasteiger partial charge in [0.1, 0.15) is 0 Å². The Balaban J connectivity index is 2.17. The van der Waals surface area contributed by atoms with Crippen LogP contribution in [0.1, 0.15) is 18.4 Å². The average molecular weight is 252 g/mol. The summed E-state index contributed by atoms with van der Waals surface area (Å²) in [5.74, 6) is 1.14. The normalized spacial score (nSPS) is 23.8. The molecule has 0 radical (unpaired) electrons. The standard InChI is InChI=1S/C12H16N2O2S/c13-9-12(5-2-6-17-12)8-10-3-1-4-11(7-10)14(15)16/h1,3-4,7H,2,5-6,8-9,13H2. The number of rotatable bonds is 4. The van der Waals surface area contributed by atoms with Gasteiger partial charge in [-0.2, -0.15) is 11.8 Å². The van der Waals surface area contributed by atoms with E-state index in [0.29, 0.717) is 6.54 Å². The largest absolute Gasteiger partial charge is 0.329 e. The second-order valence-electron chi connectivity index (χ2n) is 4.44. The monoisotopic (exact) mass is 252 g/mol. The van der Waals surface area contributed by atoms with E-state index in [4.69, 9.17) is 5.73 Å². The van der Waals surface area contributed by atoms with E-state index in [2.05, 4.69) is 0 Å². The Bertz CT molecular complexity index is 417. The summed E-state index contributed by atoms with van der Waals surface area (Å²) in [6.07, 6.45) is 3.13. The summed E-state index contributed by atoms with van der Waals surface area (Å²) in [5.41, 5.74) is 7.04. The SMILES string of the molecule is NCC1(Cc2cccc([N+](=O)[O-])c2)CCCS1. The highest BCUT2D eigenvalue weighted by atomic mass is 32.2. The van der Waals surface area contributed by atoms with Gasteiger partial charge in [0.15, 0.2) is 0 Å². The number of nitrogens with two attached hydrogens (primary N) is 1. The van der Waals surface area contributed by atoms with Gasteiger partial charge in [0.25, 0.3) is 5.69 Å². The lowest BCUT2D eigenvalue weighted by Gasteiger charge is -2.26. The number of non-ortho nitro benzene ring substituents is 1. The van der Waals surface area contributed by atoms with Crippen LogP contribution in [-0.4, -0.2) is 22.0 Å². The molecule has 2 N–H and O–H groups in total. The van der Waals surface area contributed by atoms with E-state index in [0.717, 1.165) is 24.2 Å². The highest BCUT2D eigenvalue weighted by molar-refractivity contribution is 8.00. The van der Waals surface area contributed by atoms with Gasteiger partial charge in [-0.05, 0) is 30.6 Å². The lowest BCUT2D eigenvalue weighted by Crippen LogP contribution is -2.34. The highest BCUT2D eigenvalue weighted by Crippen LogP contribution is 2.40. The molecular formula is C12H16N2O2S. The predicted molar refractivity (Wildman–Crippen MR) is 70.3 cm³/mol. The van der Waals surface area contributed by atoms with Gasteiger partial charge < -0.3 is 5.73 Å². The van der Waals surface area contributed by atoms with Crippen molar-refractivity contribution >= 4 is 17.4 Å². The lowest BCUT2D eigenvalue weighted by molar-refractivity contribution is -0.384. The Morgan fingerprint density at radius 3 is 2.94 bits per heavy atom. The Morgan fingerprint density at radius 1 is 1.53 bits per heavy atom. The number of benzene rings is 1. The molecule has 1 fully saturated rings. The van der Waals surface area contributed by atoms with Crippen LogP contribution in [0.25, 0.3) is 0 Å². The first-order valence-corrected chi connectivity index (χ1v) is 6.71. The first-order valence-electron chi connectivity index (χ1n) is 5.73. The fourth-order valence-electron chi connectivity index (χ4n) is 2.28. The fourth-order valence-corrected chi connectivity index (χ4v) is 3.68. The second kappa shape index (κ2) is 5.06. The molecule has 4 nitrogen and oxygen atoms in total. The minimum absolute atomic E-state index is 0.0925. The number of hydrogen-bond donors (Lipinski definition) is 1. The number of thioether (sulfide) groups is 1. The summed E-state index contributed by atoms with van der Waals surface area (Å²) in [5, 5.41) is 10.7. The zero-order valence-electron chi connectivity index (χ0n) is 9.59. The zero-order valence-corrected chi connectivity index (χ0v) is 10.4. The summed E-state index contributed by atoms with van der Waals surface area (Å²) < 4.78 is 0.0925. The van der Waals surface area contributed by atoms with Gasteiger partial charge in [0.2, 0.25) is 0 Å². The van der Waals surface area contributed by atoms with Crippen molar-refractivity contribution in [1.82, 2.24) is 0 Å². The molecule has 1 aliphatic heterocycles. The third-order valence-electron chi connectivity index (χ3n) is 3.20. The van der Waals surface area contributed by atoms with Gasteiger partial charge in [-0.25, -0.2) is 0 Å². The molecule has 1 heterocycles. The molecule has 1 atom stereocenters. The zero-order chi connectivity index (χ0) is 12.3. The maximum absolute atomic E-state index is 10.7. The van der Waals surface area contributed by atoms with E-state index >= 15 is 0 Å². The van der Waals surface area contributed by atoms with Gasteiger partial charge in [-0.3, -0.25) is 10.1 Å². The van der Waals surface area contributed by atoms with E-state index < -0.39 is 0 Å². The van der Waals surface area contributed by atoms with Crippen molar-refractivity contribution < 1.29 is 4.92 Å². The van der Waals surface area contributed by atoms with E-state index in [1.165, 1.54) is 12.5 Å². The van der Waals surface area contributed by atoms with Crippen LogP contribution in [0, 0.1) is 10.1 Å². The van der Waals surface area contributed by atoms with Gasteiger partial charge in [-0.1, -0.05) is 12.1 Å². The van der Waals surface area contributed by atoms with Crippen molar-refractivity contribution in [3.63, 3.8) is 0 Å². The Kier molecular flexibility index (Phi) is 3.69. The van der Waals surface area contributed by atoms with Gasteiger partial charge in [0.05, 0.1) is 4.92 Å². The van der Waals surface area contributed by atoms with E-state index in [9.17, 15) is 10.1 Å². The molecular weight excluding hydrogens is 236 g/mol. The van der Waals surface area contributed by atoms with Crippen molar-refractivity contribution in [3.05, 3.63) is 39.9 Å². The molecule has 1 aliphatic rings. The first-order chi connectivity index (χ1) is 8.15. The molecule has 1 unspecified atom stereocenters. The van der Waals surface area contributed by atoms with Crippen molar-refractivity contribution in [3.8, 4) is 0 Å². The molecule has 5 heteroatoms. The molecule has 1 saturated heterocycles. The van der Waals surface area contributed by atoms with E-state index in [-0.39, 0.29) is 15.4 Å². The molecule has 0 amide bonds. The topological polar surface area (TPSA) is 69.2 Å². The van der Waals surface area contributed by atoms with Crippen LogP contribution in [0.2, 0.25) is 0 Å². The third kappa shape index (κ3) is 2.79. The van der Waals surface area contributed by atoms with Gasteiger partial charge >= 0.3 is 0 Å². The summed E-state index contributed by atoms with van der Waals surface area (Å²) >= 11 is 1.90. The van der Waals surface area contributed by atoms with Gasteiger partial charge in [-0.15, -0.1) is 0 Å². The van der Waals surface area contributed by atoms with Crippen molar-refractivity contribution in [2.24, 2.45) is 5.73 Å². The number of hydrogen-bond acceptors (Lipinski definition) is 4. The summed E-state index contributed by atoms with van der Waals surface area (Å²) in [6.45, 7) is 0.639. The number of nitro benzene ring substituents is 1. The third-order valence-corrected chi connectivity index (χ3v) is 4.82. The lowest BCUT2D eigenvalue weighted by atomic mass is 9.94. The van der Waals surface area contributed by atoms with Crippen molar-refractivity contribution in [2.45, 2.75) is 24.0 Å². The maximum atomic E-state index is 10.7. The fraction of sp³-hybridized carbons (Fsp3) is 0.500. The van der Waals surface area contributed by atoms with Crippen LogP contribution in [0.5, 0.6) is 0 Å². The van der Waals surface area contributed by atoms with Crippen LogP contribution in [0.4, 0.5) is 5.69 Å². The quantitative estimate of drug-likeness (QED) is 0.659. The minimum Gasteiger partial charge on any atom is -0.329 e. The number of nitrogens with zero attached hydrogens (tertiary/aromatic N) is 1. The molecule has 2 rings (SSSR count). The summed E-state index contributed by atoms with van der Waals surface area (Å²) in [4.78, 5) is 10.4. The minimum atomic E-state index is -0.347. The second-order valence-corrected chi connectivity index (χ2v) is 6.01. The Hall–Kier alpha value is -1.07. The molecule has 0 spiro atoms. The van der Waals surface area contributed by atoms with Gasteiger partial charge in [0, 0.05) is 23.4 Å². The van der Waals surface area contributed by atoms with Crippen LogP contribution in [-0.2, 0) is 6.42 Å². The van der Waals surface area contributed by atoms with Crippen LogP contribution in [0.15, 0.2) is 24.3 Å². The van der Waals surface area contributed by atoms with E-state index in [1.807, 2.05) is 17.8 Å². The molecule has 1 aromatic carbocycles. The van der Waals surface area contributed by atoms with Crippen LogP contribution >= 0.6 is 11.8 Å². The molecule has 0 saturated carbocycles. The summed E-state index contributed by atoms with van der Waals surface area (Å²) in [6, 6.07) is 6.89. The smallest absolute Gasteiger partial charge is 0.269 e. The van der Waals surface area contributed by atoms with Crippen LogP contribution in [0.3, 0.4) is 0 Å². The molecule has 1 aromatic rings. The Labute approximate surface area is 105 Å². The molecule has 92 valence electrons. The van der Waals surface area contributed by atoms with E-state index in [1.54, 1.807) is 12.1 Å². The molecule has 0 aliphatic carbocycles.